The molecule has 0 aromatic carbocycles. The van der Waals surface area contributed by atoms with Crippen LogP contribution in [0.1, 0.15) is 5.69 Å². The van der Waals surface area contributed by atoms with Gasteiger partial charge in [0.2, 0.25) is 0 Å². The summed E-state index contributed by atoms with van der Waals surface area (Å²) >= 11 is 4.51. The van der Waals surface area contributed by atoms with Gasteiger partial charge in [-0.3, -0.25) is 0 Å². The van der Waals surface area contributed by atoms with E-state index >= 15 is 0 Å². The minimum Gasteiger partial charge on any atom is -0.247 e. The maximum absolute atomic E-state index is 4.51. The first-order valence-corrected chi connectivity index (χ1v) is 2.48. The highest BCUT2D eigenvalue weighted by molar-refractivity contribution is 7.79. The van der Waals surface area contributed by atoms with Gasteiger partial charge in [-0.25, -0.2) is 4.68 Å². The van der Waals surface area contributed by atoms with Crippen molar-refractivity contribution in [2.75, 3.05) is 0 Å². The topological polar surface area (TPSA) is 30.7 Å². The van der Waals surface area contributed by atoms with Gasteiger partial charge < -0.3 is 0 Å². The predicted octanol–water partition coefficient (Wildman–Crippen LogP) is 0.0399. The summed E-state index contributed by atoms with van der Waals surface area (Å²) in [5.41, 5.74) is 0.736. The van der Waals surface area contributed by atoms with Crippen molar-refractivity contribution in [1.29, 1.82) is 0 Å². The summed E-state index contributed by atoms with van der Waals surface area (Å²) in [6.07, 6.45) is 1.56. The minimum absolute atomic E-state index is 0.736. The largest absolute Gasteiger partial charge is 0.247 e. The molecule has 8 heavy (non-hydrogen) atoms. The number of hydrogen-bond acceptors (Lipinski definition) is 3. The Labute approximate surface area is 52.3 Å². The first-order chi connectivity index (χ1) is 3.84. The monoisotopic (exact) mass is 126 g/mol. The Morgan fingerprint density at radius 2 is 2.62 bits per heavy atom. The Bertz CT molecular complexity index is 193. The molecular weight excluding hydrogens is 122 g/mol. The molecule has 0 aliphatic rings. The number of aryl methyl sites for hydroxylation is 1. The van der Waals surface area contributed by atoms with Crippen molar-refractivity contribution in [2.45, 2.75) is 0 Å². The summed E-state index contributed by atoms with van der Waals surface area (Å²) in [4.78, 5) is 0. The van der Waals surface area contributed by atoms with Crippen LogP contribution in [0, 0.1) is 0 Å². The van der Waals surface area contributed by atoms with Gasteiger partial charge in [-0.15, -0.1) is 5.10 Å². The van der Waals surface area contributed by atoms with E-state index in [0.717, 1.165) is 5.69 Å². The van der Waals surface area contributed by atoms with Crippen LogP contribution >= 0.6 is 12.2 Å². The summed E-state index contributed by atoms with van der Waals surface area (Å²) in [5.74, 6) is 0. The van der Waals surface area contributed by atoms with E-state index < -0.39 is 0 Å². The van der Waals surface area contributed by atoms with Crippen LogP contribution in [0.2, 0.25) is 0 Å². The van der Waals surface area contributed by atoms with Crippen LogP contribution in [-0.4, -0.2) is 20.4 Å². The highest BCUT2D eigenvalue weighted by atomic mass is 32.1. The average molecular weight is 126 g/mol. The normalized spacial score (nSPS) is 9.12. The first-order valence-electron chi connectivity index (χ1n) is 2.07. The number of nitrogens with zero attached hydrogens (tertiary/aromatic N) is 3. The highest BCUT2D eigenvalue weighted by Gasteiger charge is 1.91. The van der Waals surface area contributed by atoms with Gasteiger partial charge in [0.1, 0.15) is 5.69 Å². The molecule has 0 atom stereocenters. The lowest BCUT2D eigenvalue weighted by Crippen LogP contribution is -1.94. The molecule has 0 bridgehead atoms. The minimum atomic E-state index is 0.736. The van der Waals surface area contributed by atoms with Crippen molar-refractivity contribution < 1.29 is 0 Å². The van der Waals surface area contributed by atoms with Gasteiger partial charge in [0.25, 0.3) is 0 Å². The highest BCUT2D eigenvalue weighted by Crippen LogP contribution is 1.85. The molecule has 1 radical (unpaired) electrons. The fourth-order valence-electron chi connectivity index (χ4n) is 0.382. The Morgan fingerprint density at radius 3 is 2.88 bits per heavy atom. The molecular formula is C4H4N3S. The van der Waals surface area contributed by atoms with E-state index in [9.17, 15) is 0 Å². The van der Waals surface area contributed by atoms with Gasteiger partial charge in [0.15, 0.2) is 0 Å². The van der Waals surface area contributed by atoms with Gasteiger partial charge in [-0.1, -0.05) is 17.4 Å². The predicted molar refractivity (Wildman–Crippen MR) is 32.7 cm³/mol. The zero-order valence-electron chi connectivity index (χ0n) is 4.33. The molecule has 0 fully saturated rings. The molecule has 4 heteroatoms. The van der Waals surface area contributed by atoms with Crippen molar-refractivity contribution >= 4 is 17.6 Å². The van der Waals surface area contributed by atoms with Crippen molar-refractivity contribution in [3.8, 4) is 0 Å². The summed E-state index contributed by atoms with van der Waals surface area (Å²) < 4.78 is 1.56. The Morgan fingerprint density at radius 1 is 1.88 bits per heavy atom. The molecule has 0 aliphatic carbocycles. The smallest absolute Gasteiger partial charge is 0.101 e. The lowest BCUT2D eigenvalue weighted by Gasteiger charge is -1.84. The Hall–Kier alpha value is -0.770. The number of thiocarbonyl (C=S) groups is 1. The summed E-state index contributed by atoms with van der Waals surface area (Å²) in [6, 6.07) is 0. The van der Waals surface area contributed by atoms with Gasteiger partial charge >= 0.3 is 0 Å². The molecule has 1 rings (SSSR count). The molecule has 0 aliphatic heterocycles. The molecule has 0 amide bonds. The Balaban J connectivity index is 3.09. The lowest BCUT2D eigenvalue weighted by molar-refractivity contribution is 0.712. The first kappa shape index (κ1) is 5.37. The second-order valence-electron chi connectivity index (χ2n) is 1.34. The van der Waals surface area contributed by atoms with Gasteiger partial charge in [0, 0.05) is 7.05 Å². The van der Waals surface area contributed by atoms with E-state index in [-0.39, 0.29) is 0 Å². The van der Waals surface area contributed by atoms with Gasteiger partial charge in [-0.05, 0) is 0 Å². The second-order valence-corrected chi connectivity index (χ2v) is 1.55. The molecule has 41 valence electrons. The number of aromatic nitrogens is 3. The van der Waals surface area contributed by atoms with Crippen LogP contribution < -0.4 is 0 Å². The van der Waals surface area contributed by atoms with Crippen LogP contribution in [-0.2, 0) is 7.05 Å². The van der Waals surface area contributed by atoms with Crippen LogP contribution in [0.4, 0.5) is 0 Å². The molecule has 0 unspecified atom stereocenters. The van der Waals surface area contributed by atoms with Crippen molar-refractivity contribution in [3.05, 3.63) is 11.9 Å². The molecule has 1 aromatic rings. The average Bonchev–Trinajstić information content (AvgIpc) is 2.14. The van der Waals surface area contributed by atoms with E-state index in [2.05, 4.69) is 27.9 Å². The summed E-state index contributed by atoms with van der Waals surface area (Å²) in [5, 5.41) is 9.70. The fraction of sp³-hybridized carbons (Fsp3) is 0.250. The maximum atomic E-state index is 4.51. The summed E-state index contributed by atoms with van der Waals surface area (Å²) in [6.45, 7) is 0. The quantitative estimate of drug-likeness (QED) is 0.498. The zero-order chi connectivity index (χ0) is 5.98. The van der Waals surface area contributed by atoms with Crippen molar-refractivity contribution in [2.24, 2.45) is 7.05 Å². The maximum Gasteiger partial charge on any atom is 0.101 e. The molecule has 0 saturated heterocycles. The number of rotatable bonds is 1. The Kier molecular flexibility index (Phi) is 1.34. The molecule has 1 heterocycles. The van der Waals surface area contributed by atoms with E-state index in [1.807, 2.05) is 0 Å². The third kappa shape index (κ3) is 0.742. The van der Waals surface area contributed by atoms with Crippen LogP contribution in [0.15, 0.2) is 6.20 Å². The van der Waals surface area contributed by atoms with E-state index in [1.165, 1.54) is 0 Å². The SMILES string of the molecule is Cn1nncc1[C]=S. The third-order valence-electron chi connectivity index (χ3n) is 0.819. The molecule has 0 spiro atoms. The summed E-state index contributed by atoms with van der Waals surface area (Å²) in [7, 11) is 1.77. The third-order valence-corrected chi connectivity index (χ3v) is 1.03. The van der Waals surface area contributed by atoms with Gasteiger partial charge in [0.05, 0.1) is 11.6 Å². The van der Waals surface area contributed by atoms with Crippen LogP contribution in [0.25, 0.3) is 0 Å². The van der Waals surface area contributed by atoms with Crippen molar-refractivity contribution in [1.82, 2.24) is 15.0 Å². The molecule has 0 saturated carbocycles. The zero-order valence-corrected chi connectivity index (χ0v) is 5.14. The van der Waals surface area contributed by atoms with Gasteiger partial charge in [-0.2, -0.15) is 0 Å². The standard InChI is InChI=1S/C4H4N3S/c1-7-4(3-8)2-5-6-7/h2H,1H3. The van der Waals surface area contributed by atoms with Crippen LogP contribution in [0.5, 0.6) is 0 Å². The fourth-order valence-corrected chi connectivity index (χ4v) is 0.567. The molecule has 3 nitrogen and oxygen atoms in total. The second kappa shape index (κ2) is 2.00. The van der Waals surface area contributed by atoms with E-state index in [1.54, 1.807) is 17.9 Å². The molecule has 0 N–H and O–H groups in total. The lowest BCUT2D eigenvalue weighted by atomic mass is 10.5. The van der Waals surface area contributed by atoms with E-state index in [0.29, 0.717) is 0 Å². The van der Waals surface area contributed by atoms with Crippen molar-refractivity contribution in [3.63, 3.8) is 0 Å². The molecule has 1 aromatic heterocycles. The van der Waals surface area contributed by atoms with E-state index in [4.69, 9.17) is 0 Å². The number of hydrogen-bond donors (Lipinski definition) is 0. The van der Waals surface area contributed by atoms with Crippen LogP contribution in [0.3, 0.4) is 0 Å².